The van der Waals surface area contributed by atoms with Crippen LogP contribution in [0.5, 0.6) is 0 Å². The van der Waals surface area contributed by atoms with Gasteiger partial charge in [-0.3, -0.25) is 14.9 Å². The third-order valence-corrected chi connectivity index (χ3v) is 3.92. The van der Waals surface area contributed by atoms with E-state index in [0.29, 0.717) is 10.6 Å². The normalized spacial score (nSPS) is 10.5. The van der Waals surface area contributed by atoms with Gasteiger partial charge in [-0.25, -0.2) is 19.0 Å². The van der Waals surface area contributed by atoms with E-state index in [1.165, 1.54) is 18.6 Å². The molecule has 3 aromatic rings. The van der Waals surface area contributed by atoms with Crippen molar-refractivity contribution in [2.75, 3.05) is 5.32 Å². The van der Waals surface area contributed by atoms with Gasteiger partial charge in [0.25, 0.3) is 5.91 Å². The highest BCUT2D eigenvalue weighted by Gasteiger charge is 2.15. The second kappa shape index (κ2) is 6.54. The molecule has 0 unspecified atom stereocenters. The van der Waals surface area contributed by atoms with E-state index in [-0.39, 0.29) is 17.4 Å². The van der Waals surface area contributed by atoms with Crippen molar-refractivity contribution in [3.63, 3.8) is 0 Å². The monoisotopic (exact) mass is 347 g/mol. The molecule has 0 spiro atoms. The number of hydrogen-bond donors (Lipinski definition) is 2. The molecule has 0 aliphatic carbocycles. The SMILES string of the molecule is O=C(O)Cn1cnc(NC(=O)c2cnc(-c3ccccc3F)s2)n1. The summed E-state index contributed by atoms with van der Waals surface area (Å²) in [5.41, 5.74) is 0.311. The summed E-state index contributed by atoms with van der Waals surface area (Å²) >= 11 is 1.03. The Morgan fingerprint density at radius 2 is 2.08 bits per heavy atom. The molecule has 3 rings (SSSR count). The number of amides is 1. The van der Waals surface area contributed by atoms with Gasteiger partial charge in [-0.2, -0.15) is 0 Å². The Labute approximate surface area is 138 Å². The first-order valence-electron chi connectivity index (χ1n) is 6.66. The van der Waals surface area contributed by atoms with E-state index in [1.54, 1.807) is 18.2 Å². The van der Waals surface area contributed by atoms with Crippen molar-refractivity contribution in [2.24, 2.45) is 0 Å². The maximum absolute atomic E-state index is 13.7. The number of hydrogen-bond acceptors (Lipinski definition) is 6. The van der Waals surface area contributed by atoms with E-state index in [4.69, 9.17) is 5.11 Å². The lowest BCUT2D eigenvalue weighted by Gasteiger charge is -1.98. The number of thiazole rings is 1. The Morgan fingerprint density at radius 3 is 2.83 bits per heavy atom. The van der Waals surface area contributed by atoms with Gasteiger partial charge in [0, 0.05) is 5.56 Å². The average Bonchev–Trinajstić information content (AvgIpc) is 3.17. The summed E-state index contributed by atoms with van der Waals surface area (Å²) < 4.78 is 14.8. The Bertz CT molecular complexity index is 907. The van der Waals surface area contributed by atoms with E-state index in [0.717, 1.165) is 16.0 Å². The van der Waals surface area contributed by atoms with Crippen LogP contribution in [0.4, 0.5) is 10.3 Å². The topological polar surface area (TPSA) is 110 Å². The largest absolute Gasteiger partial charge is 0.480 e. The molecule has 0 atom stereocenters. The van der Waals surface area contributed by atoms with Crippen LogP contribution in [0.15, 0.2) is 36.8 Å². The summed E-state index contributed by atoms with van der Waals surface area (Å²) in [6.07, 6.45) is 2.52. The molecule has 0 saturated carbocycles. The summed E-state index contributed by atoms with van der Waals surface area (Å²) in [5.74, 6) is -2.03. The van der Waals surface area contributed by atoms with Crippen LogP contribution in [0, 0.1) is 5.82 Å². The molecular formula is C14H10FN5O3S. The van der Waals surface area contributed by atoms with Crippen molar-refractivity contribution in [2.45, 2.75) is 6.54 Å². The summed E-state index contributed by atoms with van der Waals surface area (Å²) in [6, 6.07) is 6.14. The van der Waals surface area contributed by atoms with E-state index < -0.39 is 17.7 Å². The highest BCUT2D eigenvalue weighted by atomic mass is 32.1. The summed E-state index contributed by atoms with van der Waals surface area (Å²) in [6.45, 7) is -0.360. The number of carbonyl (C=O) groups is 2. The molecule has 0 aliphatic heterocycles. The summed E-state index contributed by atoms with van der Waals surface area (Å²) in [4.78, 5) is 30.8. The molecule has 0 fully saturated rings. The van der Waals surface area contributed by atoms with Crippen LogP contribution in [0.3, 0.4) is 0 Å². The van der Waals surface area contributed by atoms with Gasteiger partial charge in [0.05, 0.1) is 6.20 Å². The molecule has 2 heterocycles. The highest BCUT2D eigenvalue weighted by Crippen LogP contribution is 2.27. The maximum atomic E-state index is 13.7. The maximum Gasteiger partial charge on any atom is 0.325 e. The fourth-order valence-corrected chi connectivity index (χ4v) is 2.71. The summed E-state index contributed by atoms with van der Waals surface area (Å²) in [5, 5.41) is 15.3. The lowest BCUT2D eigenvalue weighted by atomic mass is 10.2. The van der Waals surface area contributed by atoms with Crippen molar-refractivity contribution >= 4 is 29.2 Å². The molecule has 1 aromatic carbocycles. The van der Waals surface area contributed by atoms with Crippen molar-refractivity contribution in [3.05, 3.63) is 47.5 Å². The molecule has 0 radical (unpaired) electrons. The zero-order valence-electron chi connectivity index (χ0n) is 12.0. The zero-order valence-corrected chi connectivity index (χ0v) is 12.8. The first-order chi connectivity index (χ1) is 11.5. The van der Waals surface area contributed by atoms with Gasteiger partial charge >= 0.3 is 5.97 Å². The third-order valence-electron chi connectivity index (χ3n) is 2.89. The predicted molar refractivity (Wildman–Crippen MR) is 83.1 cm³/mol. The predicted octanol–water partition coefficient (Wildman–Crippen LogP) is 1.88. The van der Waals surface area contributed by atoms with Gasteiger partial charge in [0.2, 0.25) is 5.95 Å². The smallest absolute Gasteiger partial charge is 0.325 e. The minimum atomic E-state index is -1.07. The van der Waals surface area contributed by atoms with Crippen LogP contribution in [0.1, 0.15) is 9.67 Å². The first kappa shape index (κ1) is 15.7. The first-order valence-corrected chi connectivity index (χ1v) is 7.48. The molecule has 10 heteroatoms. The number of carbonyl (C=O) groups excluding carboxylic acids is 1. The van der Waals surface area contributed by atoms with Crippen LogP contribution in [-0.4, -0.2) is 36.7 Å². The number of nitrogens with zero attached hydrogens (tertiary/aromatic N) is 4. The summed E-state index contributed by atoms with van der Waals surface area (Å²) in [7, 11) is 0. The molecule has 122 valence electrons. The quantitative estimate of drug-likeness (QED) is 0.729. The van der Waals surface area contributed by atoms with Crippen LogP contribution < -0.4 is 5.32 Å². The van der Waals surface area contributed by atoms with Crippen LogP contribution >= 0.6 is 11.3 Å². The molecule has 0 bridgehead atoms. The van der Waals surface area contributed by atoms with Gasteiger partial charge < -0.3 is 5.11 Å². The standard InChI is InChI=1S/C14H10FN5O3S/c15-9-4-2-1-3-8(9)13-16-5-10(24-13)12(23)18-14-17-7-20(19-14)6-11(21)22/h1-5,7H,6H2,(H,21,22)(H,18,19,23). The molecule has 8 nitrogen and oxygen atoms in total. The van der Waals surface area contributed by atoms with Gasteiger partial charge in [-0.05, 0) is 12.1 Å². The minimum absolute atomic E-state index is 0.0258. The molecule has 1 amide bonds. The number of benzene rings is 1. The molecule has 0 aliphatic rings. The van der Waals surface area contributed by atoms with E-state index in [9.17, 15) is 14.0 Å². The van der Waals surface area contributed by atoms with Gasteiger partial charge in [0.15, 0.2) is 0 Å². The average molecular weight is 347 g/mol. The van der Waals surface area contributed by atoms with E-state index in [1.807, 2.05) is 0 Å². The second-order valence-corrected chi connectivity index (χ2v) is 5.65. The lowest BCUT2D eigenvalue weighted by molar-refractivity contribution is -0.137. The van der Waals surface area contributed by atoms with Crippen molar-refractivity contribution in [1.29, 1.82) is 0 Å². The molecular weight excluding hydrogens is 337 g/mol. The highest BCUT2D eigenvalue weighted by molar-refractivity contribution is 7.17. The van der Waals surface area contributed by atoms with Gasteiger partial charge in [-0.15, -0.1) is 16.4 Å². The third kappa shape index (κ3) is 3.43. The Balaban J connectivity index is 1.73. The van der Waals surface area contributed by atoms with Gasteiger partial charge in [-0.1, -0.05) is 12.1 Å². The van der Waals surface area contributed by atoms with Gasteiger partial charge in [0.1, 0.15) is 28.6 Å². The molecule has 0 saturated heterocycles. The van der Waals surface area contributed by atoms with Crippen LogP contribution in [0.2, 0.25) is 0 Å². The van der Waals surface area contributed by atoms with Crippen molar-refractivity contribution in [1.82, 2.24) is 19.7 Å². The lowest BCUT2D eigenvalue weighted by Crippen LogP contribution is -2.13. The molecule has 24 heavy (non-hydrogen) atoms. The fraction of sp³-hybridized carbons (Fsp3) is 0.0714. The number of nitrogens with one attached hydrogen (secondary N) is 1. The van der Waals surface area contributed by atoms with Crippen LogP contribution in [0.25, 0.3) is 10.6 Å². The number of halogens is 1. The molecule has 2 aromatic heterocycles. The fourth-order valence-electron chi connectivity index (χ4n) is 1.87. The molecule has 2 N–H and O–H groups in total. The number of rotatable bonds is 5. The van der Waals surface area contributed by atoms with E-state index in [2.05, 4.69) is 20.4 Å². The second-order valence-electron chi connectivity index (χ2n) is 4.62. The van der Waals surface area contributed by atoms with Crippen molar-refractivity contribution < 1.29 is 19.1 Å². The number of aliphatic carboxylic acids is 1. The Kier molecular flexibility index (Phi) is 4.29. The zero-order chi connectivity index (χ0) is 17.1. The minimum Gasteiger partial charge on any atom is -0.480 e. The van der Waals surface area contributed by atoms with Crippen LogP contribution in [-0.2, 0) is 11.3 Å². The van der Waals surface area contributed by atoms with E-state index >= 15 is 0 Å². The number of carboxylic acids is 1. The number of aromatic nitrogens is 4. The Hall–Kier alpha value is -3.14. The number of anilines is 1. The number of carboxylic acid groups (broad SMARTS) is 1. The Morgan fingerprint density at radius 1 is 1.29 bits per heavy atom. The van der Waals surface area contributed by atoms with Crippen molar-refractivity contribution in [3.8, 4) is 10.6 Å².